The van der Waals surface area contributed by atoms with Crippen LogP contribution < -0.4 is 5.32 Å². The fourth-order valence-corrected chi connectivity index (χ4v) is 3.73. The zero-order valence-corrected chi connectivity index (χ0v) is 12.6. The number of pyridine rings is 1. The van der Waals surface area contributed by atoms with E-state index in [-0.39, 0.29) is 0 Å². The van der Waals surface area contributed by atoms with E-state index in [4.69, 9.17) is 4.42 Å². The molecule has 1 N–H and O–H groups in total. The van der Waals surface area contributed by atoms with Gasteiger partial charge in [-0.05, 0) is 29.1 Å². The van der Waals surface area contributed by atoms with Crippen molar-refractivity contribution in [3.05, 3.63) is 53.4 Å². The summed E-state index contributed by atoms with van der Waals surface area (Å²) in [5, 5.41) is 6.45. The third-order valence-corrected chi connectivity index (χ3v) is 5.04. The van der Waals surface area contributed by atoms with E-state index in [1.165, 1.54) is 10.4 Å². The second-order valence-corrected chi connectivity index (χ2v) is 6.56. The van der Waals surface area contributed by atoms with Crippen molar-refractivity contribution >= 4 is 38.0 Å². The van der Waals surface area contributed by atoms with E-state index in [0.29, 0.717) is 0 Å². The molecule has 4 aromatic rings. The average Bonchev–Trinajstić information content (AvgIpc) is 3.23. The first-order valence-corrected chi connectivity index (χ1v) is 8.12. The number of thiazole rings is 1. The largest absolute Gasteiger partial charge is 0.472 e. The van der Waals surface area contributed by atoms with Gasteiger partial charge in [0.05, 0.1) is 30.0 Å². The van der Waals surface area contributed by atoms with Gasteiger partial charge in [0.15, 0.2) is 5.13 Å². The summed E-state index contributed by atoms with van der Waals surface area (Å²) in [4.78, 5) is 9.87. The number of rotatable bonds is 4. The molecule has 0 bridgehead atoms. The summed E-state index contributed by atoms with van der Waals surface area (Å²) in [5.41, 5.74) is 3.25. The highest BCUT2D eigenvalue weighted by molar-refractivity contribution is 7.22. The molecule has 4 nitrogen and oxygen atoms in total. The van der Waals surface area contributed by atoms with E-state index in [1.807, 2.05) is 12.1 Å². The normalized spacial score (nSPS) is 11.0. The van der Waals surface area contributed by atoms with E-state index in [0.717, 1.165) is 27.5 Å². The number of furan rings is 1. The fourth-order valence-electron chi connectivity index (χ4n) is 2.07. The highest BCUT2D eigenvalue weighted by Gasteiger charge is 2.06. The first kappa shape index (κ1) is 12.6. The number of thiophene rings is 1. The molecule has 0 saturated carbocycles. The Morgan fingerprint density at radius 3 is 3.10 bits per heavy atom. The number of fused-ring (bicyclic) bond motifs is 1. The number of hydrogen-bond acceptors (Lipinski definition) is 6. The topological polar surface area (TPSA) is 51.0 Å². The van der Waals surface area contributed by atoms with Crippen LogP contribution in [0.1, 0.15) is 4.88 Å². The van der Waals surface area contributed by atoms with Gasteiger partial charge >= 0.3 is 0 Å². The Morgan fingerprint density at radius 1 is 1.24 bits per heavy atom. The first-order valence-electron chi connectivity index (χ1n) is 6.43. The lowest BCUT2D eigenvalue weighted by Gasteiger charge is -1.98. The minimum Gasteiger partial charge on any atom is -0.472 e. The Bertz CT molecular complexity index is 831. The van der Waals surface area contributed by atoms with Crippen LogP contribution in [0.5, 0.6) is 0 Å². The Labute approximate surface area is 129 Å². The van der Waals surface area contributed by atoms with Crippen molar-refractivity contribution in [2.75, 3.05) is 5.32 Å². The minimum atomic E-state index is 0.774. The lowest BCUT2D eigenvalue weighted by atomic mass is 10.2. The van der Waals surface area contributed by atoms with Gasteiger partial charge in [-0.3, -0.25) is 4.98 Å². The van der Waals surface area contributed by atoms with Crippen molar-refractivity contribution in [3.8, 4) is 11.1 Å². The van der Waals surface area contributed by atoms with Gasteiger partial charge in [-0.2, -0.15) is 0 Å². The van der Waals surface area contributed by atoms with E-state index >= 15 is 0 Å². The molecule has 0 amide bonds. The van der Waals surface area contributed by atoms with Gasteiger partial charge in [-0.1, -0.05) is 11.3 Å². The summed E-state index contributed by atoms with van der Waals surface area (Å²) in [5.74, 6) is 0. The van der Waals surface area contributed by atoms with Crippen LogP contribution in [-0.4, -0.2) is 9.97 Å². The highest BCUT2D eigenvalue weighted by Crippen LogP contribution is 2.28. The van der Waals surface area contributed by atoms with Crippen LogP contribution in [0.2, 0.25) is 0 Å². The van der Waals surface area contributed by atoms with Gasteiger partial charge in [0.25, 0.3) is 0 Å². The van der Waals surface area contributed by atoms with Crippen molar-refractivity contribution in [3.63, 3.8) is 0 Å². The van der Waals surface area contributed by atoms with Gasteiger partial charge in [0.1, 0.15) is 5.52 Å². The Balaban J connectivity index is 1.49. The molecule has 0 unspecified atom stereocenters. The first-order chi connectivity index (χ1) is 10.4. The van der Waals surface area contributed by atoms with Crippen LogP contribution in [-0.2, 0) is 6.54 Å². The molecule has 0 aliphatic carbocycles. The third-order valence-electron chi connectivity index (χ3n) is 3.11. The van der Waals surface area contributed by atoms with Gasteiger partial charge in [0.2, 0.25) is 0 Å². The zero-order chi connectivity index (χ0) is 14.1. The zero-order valence-electron chi connectivity index (χ0n) is 10.9. The summed E-state index contributed by atoms with van der Waals surface area (Å²) in [6.45, 7) is 0.774. The summed E-state index contributed by atoms with van der Waals surface area (Å²) in [6.07, 6.45) is 7.04. The maximum absolute atomic E-state index is 5.12. The molecule has 21 heavy (non-hydrogen) atoms. The lowest BCUT2D eigenvalue weighted by Crippen LogP contribution is -1.96. The molecule has 104 valence electrons. The van der Waals surface area contributed by atoms with Gasteiger partial charge in [-0.15, -0.1) is 11.3 Å². The number of nitrogens with one attached hydrogen (secondary N) is 1. The number of anilines is 1. The molecule has 6 heteroatoms. The molecule has 0 spiro atoms. The van der Waals surface area contributed by atoms with Crippen LogP contribution in [0, 0.1) is 0 Å². The summed E-state index contributed by atoms with van der Waals surface area (Å²) in [6, 6.07) is 6.14. The van der Waals surface area contributed by atoms with Crippen LogP contribution in [0.25, 0.3) is 21.3 Å². The van der Waals surface area contributed by atoms with Crippen molar-refractivity contribution in [2.24, 2.45) is 0 Å². The predicted octanol–water partition coefficient (Wildman–Crippen LogP) is 4.62. The van der Waals surface area contributed by atoms with Crippen LogP contribution in [0.15, 0.2) is 52.9 Å². The molecule has 4 rings (SSSR count). The maximum Gasteiger partial charge on any atom is 0.184 e. The Hall–Kier alpha value is -2.18. The van der Waals surface area contributed by atoms with E-state index < -0.39 is 0 Å². The van der Waals surface area contributed by atoms with E-state index in [9.17, 15) is 0 Å². The molecule has 0 aliphatic rings. The maximum atomic E-state index is 5.12. The quantitative estimate of drug-likeness (QED) is 0.597. The number of nitrogens with zero attached hydrogens (tertiary/aromatic N) is 2. The van der Waals surface area contributed by atoms with Crippen molar-refractivity contribution in [2.45, 2.75) is 6.54 Å². The molecule has 0 fully saturated rings. The summed E-state index contributed by atoms with van der Waals surface area (Å²) in [7, 11) is 0. The minimum absolute atomic E-state index is 0.774. The monoisotopic (exact) mass is 313 g/mol. The van der Waals surface area contributed by atoms with Crippen molar-refractivity contribution in [1.29, 1.82) is 0 Å². The molecule has 0 radical (unpaired) electrons. The van der Waals surface area contributed by atoms with Crippen molar-refractivity contribution < 1.29 is 4.42 Å². The van der Waals surface area contributed by atoms with Crippen molar-refractivity contribution in [1.82, 2.24) is 9.97 Å². The number of hydrogen-bond donors (Lipinski definition) is 1. The molecule has 0 aliphatic heterocycles. The highest BCUT2D eigenvalue weighted by atomic mass is 32.1. The second-order valence-electron chi connectivity index (χ2n) is 4.53. The molecule has 4 heterocycles. The SMILES string of the molecule is c1cc2sc(NCc3cc(-c4ccoc4)cs3)nc2cn1. The fraction of sp³-hybridized carbons (Fsp3) is 0.0667. The van der Waals surface area contributed by atoms with E-state index in [1.54, 1.807) is 47.6 Å². The van der Waals surface area contributed by atoms with Crippen LogP contribution >= 0.6 is 22.7 Å². The smallest absolute Gasteiger partial charge is 0.184 e. The van der Waals surface area contributed by atoms with Crippen LogP contribution in [0.4, 0.5) is 5.13 Å². The molecular formula is C15H11N3OS2. The molecule has 0 atom stereocenters. The van der Waals surface area contributed by atoms with Crippen LogP contribution in [0.3, 0.4) is 0 Å². The predicted molar refractivity (Wildman–Crippen MR) is 86.8 cm³/mol. The molecule has 0 saturated heterocycles. The average molecular weight is 313 g/mol. The summed E-state index contributed by atoms with van der Waals surface area (Å²) < 4.78 is 6.27. The Kier molecular flexibility index (Phi) is 3.17. The number of aromatic nitrogens is 2. The molecular weight excluding hydrogens is 302 g/mol. The second kappa shape index (κ2) is 5.31. The third kappa shape index (κ3) is 2.55. The molecule has 4 aromatic heterocycles. The molecule has 0 aromatic carbocycles. The Morgan fingerprint density at radius 2 is 2.24 bits per heavy atom. The van der Waals surface area contributed by atoms with Gasteiger partial charge < -0.3 is 9.73 Å². The standard InChI is InChI=1S/C15H11N3OS2/c1-3-16-7-13-14(1)21-15(18-13)17-6-12-5-11(9-20-12)10-2-4-19-8-10/h1-5,7-9H,6H2,(H,17,18). The van der Waals surface area contributed by atoms with E-state index in [2.05, 4.69) is 26.7 Å². The summed E-state index contributed by atoms with van der Waals surface area (Å²) >= 11 is 3.38. The lowest BCUT2D eigenvalue weighted by molar-refractivity contribution is 0.568. The van der Waals surface area contributed by atoms with Gasteiger partial charge in [-0.25, -0.2) is 4.98 Å². The van der Waals surface area contributed by atoms with Gasteiger partial charge in [0, 0.05) is 16.6 Å².